The number of carbonyl (C=O) groups is 1. The Morgan fingerprint density at radius 3 is 2.72 bits per heavy atom. The van der Waals surface area contributed by atoms with Crippen molar-refractivity contribution in [1.82, 2.24) is 10.6 Å². The molecule has 1 aromatic rings. The summed E-state index contributed by atoms with van der Waals surface area (Å²) in [5, 5.41) is 6.81. The summed E-state index contributed by atoms with van der Waals surface area (Å²) in [6.07, 6.45) is 0.786. The van der Waals surface area contributed by atoms with Crippen molar-refractivity contribution in [2.45, 2.75) is 32.7 Å². The fourth-order valence-electron chi connectivity index (χ4n) is 1.76. The minimum absolute atomic E-state index is 0.0198. The van der Waals surface area contributed by atoms with Crippen LogP contribution in [0.5, 0.6) is 0 Å². The van der Waals surface area contributed by atoms with Gasteiger partial charge in [-0.15, -0.1) is 0 Å². The lowest BCUT2D eigenvalue weighted by Gasteiger charge is -2.24. The Kier molecular flexibility index (Phi) is 5.63. The molecule has 0 spiro atoms. The number of halogens is 1. The molecule has 3 nitrogen and oxygen atoms in total. The van der Waals surface area contributed by atoms with E-state index in [1.165, 1.54) is 0 Å². The molecule has 2 N–H and O–H groups in total. The van der Waals surface area contributed by atoms with E-state index in [0.717, 1.165) is 23.6 Å². The van der Waals surface area contributed by atoms with Gasteiger partial charge in [-0.3, -0.25) is 4.79 Å². The van der Waals surface area contributed by atoms with Crippen LogP contribution in [0.4, 0.5) is 0 Å². The maximum atomic E-state index is 11.9. The summed E-state index contributed by atoms with van der Waals surface area (Å²) >= 11 is 5.90. The maximum absolute atomic E-state index is 11.9. The second kappa shape index (κ2) is 6.76. The predicted octanol–water partition coefficient (Wildman–Crippen LogP) is 2.39. The Bertz CT molecular complexity index is 405. The molecule has 0 radical (unpaired) electrons. The first kappa shape index (κ1) is 15.0. The molecule has 1 rings (SSSR count). The lowest BCUT2D eigenvalue weighted by molar-refractivity contribution is -0.126. The van der Waals surface area contributed by atoms with Crippen LogP contribution in [0, 0.1) is 0 Å². The van der Waals surface area contributed by atoms with E-state index in [1.807, 2.05) is 45.0 Å². The highest BCUT2D eigenvalue weighted by Crippen LogP contribution is 2.10. The second-order valence-electron chi connectivity index (χ2n) is 4.79. The van der Waals surface area contributed by atoms with Crippen LogP contribution in [0.25, 0.3) is 0 Å². The van der Waals surface area contributed by atoms with E-state index >= 15 is 0 Å². The molecule has 0 unspecified atom stereocenters. The number of nitrogens with one attached hydrogen (secondary N) is 2. The Labute approximate surface area is 114 Å². The van der Waals surface area contributed by atoms with Crippen LogP contribution in [-0.4, -0.2) is 24.5 Å². The van der Waals surface area contributed by atoms with Gasteiger partial charge in [0.05, 0.1) is 5.54 Å². The third kappa shape index (κ3) is 4.67. The van der Waals surface area contributed by atoms with Crippen molar-refractivity contribution >= 4 is 17.5 Å². The molecule has 0 saturated heterocycles. The summed E-state index contributed by atoms with van der Waals surface area (Å²) in [6, 6.07) is 7.69. The summed E-state index contributed by atoms with van der Waals surface area (Å²) < 4.78 is 0. The molecule has 4 heteroatoms. The fraction of sp³-hybridized carbons (Fsp3) is 0.500. The van der Waals surface area contributed by atoms with Crippen molar-refractivity contribution in [1.29, 1.82) is 0 Å². The molecule has 18 heavy (non-hydrogen) atoms. The van der Waals surface area contributed by atoms with E-state index in [9.17, 15) is 4.79 Å². The lowest BCUT2D eigenvalue weighted by Crippen LogP contribution is -2.52. The van der Waals surface area contributed by atoms with Crippen molar-refractivity contribution in [3.63, 3.8) is 0 Å². The monoisotopic (exact) mass is 268 g/mol. The first-order chi connectivity index (χ1) is 8.45. The predicted molar refractivity (Wildman–Crippen MR) is 75.9 cm³/mol. The van der Waals surface area contributed by atoms with Crippen LogP contribution in [-0.2, 0) is 11.2 Å². The third-order valence-corrected chi connectivity index (χ3v) is 3.01. The number of likely N-dealkylation sites (N-methyl/N-ethyl adjacent to an activating group) is 1. The summed E-state index contributed by atoms with van der Waals surface area (Å²) in [5.74, 6) is 0.0198. The first-order valence-electron chi connectivity index (χ1n) is 6.23. The summed E-state index contributed by atoms with van der Waals surface area (Å²) in [7, 11) is 0. The minimum Gasteiger partial charge on any atom is -0.354 e. The molecule has 0 saturated carbocycles. The average molecular weight is 269 g/mol. The van der Waals surface area contributed by atoms with E-state index in [1.54, 1.807) is 0 Å². The van der Waals surface area contributed by atoms with Gasteiger partial charge in [-0.05, 0) is 44.5 Å². The number of hydrogen-bond donors (Lipinski definition) is 2. The molecular formula is C14H21ClN2O. The SMILES string of the molecule is CCNC(C)(C)C(=O)NCCc1cccc(Cl)c1. The molecule has 100 valence electrons. The quantitative estimate of drug-likeness (QED) is 0.832. The Hall–Kier alpha value is -1.06. The third-order valence-electron chi connectivity index (χ3n) is 2.77. The highest BCUT2D eigenvalue weighted by Gasteiger charge is 2.25. The molecule has 0 aliphatic rings. The number of carbonyl (C=O) groups excluding carboxylic acids is 1. The van der Waals surface area contributed by atoms with E-state index in [2.05, 4.69) is 10.6 Å². The average Bonchev–Trinajstić information content (AvgIpc) is 2.28. The summed E-state index contributed by atoms with van der Waals surface area (Å²) in [4.78, 5) is 11.9. The van der Waals surface area contributed by atoms with Gasteiger partial charge in [-0.25, -0.2) is 0 Å². The Morgan fingerprint density at radius 2 is 2.11 bits per heavy atom. The van der Waals surface area contributed by atoms with E-state index < -0.39 is 5.54 Å². The van der Waals surface area contributed by atoms with Gasteiger partial charge in [-0.2, -0.15) is 0 Å². The number of benzene rings is 1. The van der Waals surface area contributed by atoms with Gasteiger partial charge in [0, 0.05) is 11.6 Å². The molecular weight excluding hydrogens is 248 g/mol. The van der Waals surface area contributed by atoms with Crippen LogP contribution < -0.4 is 10.6 Å². The molecule has 0 aliphatic heterocycles. The topological polar surface area (TPSA) is 41.1 Å². The first-order valence-corrected chi connectivity index (χ1v) is 6.61. The van der Waals surface area contributed by atoms with Gasteiger partial charge in [-0.1, -0.05) is 30.7 Å². The molecule has 0 bridgehead atoms. The normalized spacial score (nSPS) is 11.3. The highest BCUT2D eigenvalue weighted by molar-refractivity contribution is 6.30. The number of hydrogen-bond acceptors (Lipinski definition) is 2. The van der Waals surface area contributed by atoms with Gasteiger partial charge in [0.1, 0.15) is 0 Å². The van der Waals surface area contributed by atoms with E-state index in [-0.39, 0.29) is 5.91 Å². The van der Waals surface area contributed by atoms with E-state index in [0.29, 0.717) is 6.54 Å². The largest absolute Gasteiger partial charge is 0.354 e. The van der Waals surface area contributed by atoms with Crippen molar-refractivity contribution in [3.8, 4) is 0 Å². The van der Waals surface area contributed by atoms with Gasteiger partial charge in [0.25, 0.3) is 0 Å². The smallest absolute Gasteiger partial charge is 0.239 e. The fourth-order valence-corrected chi connectivity index (χ4v) is 1.97. The van der Waals surface area contributed by atoms with E-state index in [4.69, 9.17) is 11.6 Å². The van der Waals surface area contributed by atoms with Gasteiger partial charge in [0.15, 0.2) is 0 Å². The standard InChI is InChI=1S/C14H21ClN2O/c1-4-17-14(2,3)13(18)16-9-8-11-6-5-7-12(15)10-11/h5-7,10,17H,4,8-9H2,1-3H3,(H,16,18). The summed E-state index contributed by atoms with van der Waals surface area (Å²) in [6.45, 7) is 7.14. The van der Waals surface area contributed by atoms with Crippen LogP contribution in [0.2, 0.25) is 5.02 Å². The molecule has 0 aliphatic carbocycles. The van der Waals surface area contributed by atoms with Crippen LogP contribution in [0.15, 0.2) is 24.3 Å². The van der Waals surface area contributed by atoms with Gasteiger partial charge < -0.3 is 10.6 Å². The Balaban J connectivity index is 2.40. The molecule has 0 aromatic heterocycles. The van der Waals surface area contributed by atoms with Crippen LogP contribution in [0.3, 0.4) is 0 Å². The lowest BCUT2D eigenvalue weighted by atomic mass is 10.0. The molecule has 0 atom stereocenters. The summed E-state index contributed by atoms with van der Waals surface area (Å²) in [5.41, 5.74) is 0.604. The zero-order valence-electron chi connectivity index (χ0n) is 11.2. The van der Waals surface area contributed by atoms with Crippen molar-refractivity contribution in [2.24, 2.45) is 0 Å². The molecule has 0 fully saturated rings. The van der Waals surface area contributed by atoms with Gasteiger partial charge in [0.2, 0.25) is 5.91 Å². The van der Waals surface area contributed by atoms with Crippen LogP contribution in [0.1, 0.15) is 26.3 Å². The molecule has 1 aromatic carbocycles. The number of amides is 1. The van der Waals surface area contributed by atoms with Crippen molar-refractivity contribution < 1.29 is 4.79 Å². The van der Waals surface area contributed by atoms with Gasteiger partial charge >= 0.3 is 0 Å². The zero-order valence-corrected chi connectivity index (χ0v) is 12.0. The molecule has 1 amide bonds. The molecule has 0 heterocycles. The highest BCUT2D eigenvalue weighted by atomic mass is 35.5. The van der Waals surface area contributed by atoms with Crippen molar-refractivity contribution in [2.75, 3.05) is 13.1 Å². The van der Waals surface area contributed by atoms with Crippen LogP contribution >= 0.6 is 11.6 Å². The maximum Gasteiger partial charge on any atom is 0.239 e. The number of rotatable bonds is 6. The second-order valence-corrected chi connectivity index (χ2v) is 5.23. The minimum atomic E-state index is -0.525. The zero-order chi connectivity index (χ0) is 13.6. The van der Waals surface area contributed by atoms with Crippen molar-refractivity contribution in [3.05, 3.63) is 34.9 Å². The Morgan fingerprint density at radius 1 is 1.39 bits per heavy atom.